The van der Waals surface area contributed by atoms with Crippen molar-refractivity contribution in [3.8, 4) is 0 Å². The van der Waals surface area contributed by atoms with E-state index in [1.807, 2.05) is 18.0 Å². The second-order valence-electron chi connectivity index (χ2n) is 4.82. The van der Waals surface area contributed by atoms with Crippen LogP contribution in [-0.2, 0) is 0 Å². The van der Waals surface area contributed by atoms with Gasteiger partial charge in [0.25, 0.3) is 0 Å². The van der Waals surface area contributed by atoms with Gasteiger partial charge in [0.15, 0.2) is 0 Å². The summed E-state index contributed by atoms with van der Waals surface area (Å²) in [5.74, 6) is -0.197. The van der Waals surface area contributed by atoms with Gasteiger partial charge in [-0.3, -0.25) is 0 Å². The van der Waals surface area contributed by atoms with E-state index in [1.54, 1.807) is 12.1 Å². The number of aliphatic hydroxyl groups is 1. The third-order valence-electron chi connectivity index (χ3n) is 3.59. The van der Waals surface area contributed by atoms with E-state index in [9.17, 15) is 9.50 Å². The fraction of sp³-hybridized carbons (Fsp3) is 0.538. The number of hydrogen-bond donors (Lipinski definition) is 1. The Labute approximate surface area is 95.7 Å². The van der Waals surface area contributed by atoms with E-state index in [1.165, 1.54) is 12.5 Å². The minimum Gasteiger partial charge on any atom is -0.396 e. The minimum atomic E-state index is -0.197. The van der Waals surface area contributed by atoms with Crippen LogP contribution in [0.2, 0.25) is 0 Å². The van der Waals surface area contributed by atoms with E-state index in [4.69, 9.17) is 0 Å². The Morgan fingerprint density at radius 1 is 1.38 bits per heavy atom. The summed E-state index contributed by atoms with van der Waals surface area (Å²) in [6.45, 7) is 0.927. The lowest BCUT2D eigenvalue weighted by Gasteiger charge is -2.43. The molecule has 0 aromatic heterocycles. The highest BCUT2D eigenvalue weighted by molar-refractivity contribution is 5.47. The molecule has 1 fully saturated rings. The maximum Gasteiger partial charge on any atom is 0.146 e. The number of para-hydroxylation sites is 1. The van der Waals surface area contributed by atoms with Crippen molar-refractivity contribution >= 4 is 5.69 Å². The SMILES string of the molecule is CN(CC1(CO)CCC1)c1ccccc1F. The van der Waals surface area contributed by atoms with Crippen molar-refractivity contribution < 1.29 is 9.50 Å². The molecule has 2 nitrogen and oxygen atoms in total. The summed E-state index contributed by atoms with van der Waals surface area (Å²) in [6, 6.07) is 6.77. The van der Waals surface area contributed by atoms with Gasteiger partial charge >= 0.3 is 0 Å². The fourth-order valence-electron chi connectivity index (χ4n) is 2.39. The quantitative estimate of drug-likeness (QED) is 0.847. The highest BCUT2D eigenvalue weighted by Gasteiger charge is 2.37. The first-order valence-electron chi connectivity index (χ1n) is 5.73. The Morgan fingerprint density at radius 2 is 2.06 bits per heavy atom. The van der Waals surface area contributed by atoms with Gasteiger partial charge in [-0.25, -0.2) is 4.39 Å². The lowest BCUT2D eigenvalue weighted by molar-refractivity contribution is 0.0523. The molecule has 1 aliphatic carbocycles. The van der Waals surface area contributed by atoms with Gasteiger partial charge in [-0.05, 0) is 25.0 Å². The van der Waals surface area contributed by atoms with Crippen molar-refractivity contribution in [2.45, 2.75) is 19.3 Å². The maximum atomic E-state index is 13.5. The Hall–Kier alpha value is -1.09. The van der Waals surface area contributed by atoms with Crippen LogP contribution in [0, 0.1) is 11.2 Å². The molecule has 0 amide bonds. The molecule has 0 bridgehead atoms. The van der Waals surface area contributed by atoms with Crippen molar-refractivity contribution in [3.05, 3.63) is 30.1 Å². The zero-order valence-electron chi connectivity index (χ0n) is 9.62. The van der Waals surface area contributed by atoms with E-state index in [0.717, 1.165) is 19.4 Å². The molecule has 3 heteroatoms. The van der Waals surface area contributed by atoms with Gasteiger partial charge in [0, 0.05) is 19.0 Å². The van der Waals surface area contributed by atoms with E-state index in [2.05, 4.69) is 0 Å². The number of halogens is 1. The number of nitrogens with zero attached hydrogens (tertiary/aromatic N) is 1. The molecule has 0 aliphatic heterocycles. The molecule has 88 valence electrons. The number of aliphatic hydroxyl groups excluding tert-OH is 1. The van der Waals surface area contributed by atoms with E-state index < -0.39 is 0 Å². The predicted molar refractivity (Wildman–Crippen MR) is 63.0 cm³/mol. The molecule has 1 aromatic carbocycles. The average molecular weight is 223 g/mol. The van der Waals surface area contributed by atoms with Crippen molar-refractivity contribution in [1.82, 2.24) is 0 Å². The predicted octanol–water partition coefficient (Wildman–Crippen LogP) is 2.42. The van der Waals surface area contributed by atoms with Crippen molar-refractivity contribution in [3.63, 3.8) is 0 Å². The van der Waals surface area contributed by atoms with Crippen molar-refractivity contribution in [2.24, 2.45) is 5.41 Å². The fourth-order valence-corrected chi connectivity index (χ4v) is 2.39. The first-order chi connectivity index (χ1) is 7.67. The Balaban J connectivity index is 2.08. The third-order valence-corrected chi connectivity index (χ3v) is 3.59. The van der Waals surface area contributed by atoms with Gasteiger partial charge in [-0.2, -0.15) is 0 Å². The van der Waals surface area contributed by atoms with Gasteiger partial charge in [-0.15, -0.1) is 0 Å². The normalized spacial score (nSPS) is 17.9. The standard InChI is InChI=1S/C13H18FNO/c1-15(9-13(10-16)7-4-8-13)12-6-3-2-5-11(12)14/h2-3,5-6,16H,4,7-10H2,1H3. The van der Waals surface area contributed by atoms with Crippen LogP contribution in [0.1, 0.15) is 19.3 Å². The molecule has 1 aliphatic rings. The van der Waals surface area contributed by atoms with Gasteiger partial charge in [-0.1, -0.05) is 18.6 Å². The largest absolute Gasteiger partial charge is 0.396 e. The van der Waals surface area contributed by atoms with Gasteiger partial charge < -0.3 is 10.0 Å². The summed E-state index contributed by atoms with van der Waals surface area (Å²) in [7, 11) is 1.88. The highest BCUT2D eigenvalue weighted by Crippen LogP contribution is 2.41. The van der Waals surface area contributed by atoms with Gasteiger partial charge in [0.2, 0.25) is 0 Å². The molecule has 1 aromatic rings. The third kappa shape index (κ3) is 2.05. The van der Waals surface area contributed by atoms with E-state index >= 15 is 0 Å². The topological polar surface area (TPSA) is 23.5 Å². The van der Waals surface area contributed by atoms with E-state index in [-0.39, 0.29) is 17.8 Å². The molecule has 0 saturated heterocycles. The van der Waals surface area contributed by atoms with Crippen LogP contribution in [0.3, 0.4) is 0 Å². The summed E-state index contributed by atoms with van der Waals surface area (Å²) in [5.41, 5.74) is 0.610. The second-order valence-corrected chi connectivity index (χ2v) is 4.82. The highest BCUT2D eigenvalue weighted by atomic mass is 19.1. The maximum absolute atomic E-state index is 13.5. The summed E-state index contributed by atoms with van der Waals surface area (Å²) in [5, 5.41) is 9.38. The molecule has 16 heavy (non-hydrogen) atoms. The monoisotopic (exact) mass is 223 g/mol. The number of hydrogen-bond acceptors (Lipinski definition) is 2. The zero-order chi connectivity index (χ0) is 11.6. The molecular weight excluding hydrogens is 205 g/mol. The van der Waals surface area contributed by atoms with Crippen molar-refractivity contribution in [1.29, 1.82) is 0 Å². The molecule has 0 heterocycles. The average Bonchev–Trinajstić information content (AvgIpc) is 2.24. The Bertz CT molecular complexity index is 357. The summed E-state index contributed by atoms with van der Waals surface area (Å²) in [6.07, 6.45) is 3.26. The molecule has 0 radical (unpaired) electrons. The Kier molecular flexibility index (Phi) is 3.15. The minimum absolute atomic E-state index is 0.00295. The van der Waals surface area contributed by atoms with Crippen LogP contribution in [0.4, 0.5) is 10.1 Å². The van der Waals surface area contributed by atoms with Crippen LogP contribution >= 0.6 is 0 Å². The van der Waals surface area contributed by atoms with Crippen LogP contribution in [0.5, 0.6) is 0 Å². The molecule has 1 saturated carbocycles. The lowest BCUT2D eigenvalue weighted by Crippen LogP contribution is -2.43. The molecular formula is C13H18FNO. The molecule has 0 unspecified atom stereocenters. The van der Waals surface area contributed by atoms with Crippen LogP contribution in [0.15, 0.2) is 24.3 Å². The molecule has 0 atom stereocenters. The molecule has 0 spiro atoms. The summed E-state index contributed by atoms with van der Waals surface area (Å²) >= 11 is 0. The van der Waals surface area contributed by atoms with Crippen molar-refractivity contribution in [2.75, 3.05) is 25.1 Å². The van der Waals surface area contributed by atoms with Gasteiger partial charge in [0.05, 0.1) is 12.3 Å². The number of rotatable bonds is 4. The number of anilines is 1. The first-order valence-corrected chi connectivity index (χ1v) is 5.73. The van der Waals surface area contributed by atoms with Gasteiger partial charge in [0.1, 0.15) is 5.82 Å². The van der Waals surface area contributed by atoms with Crippen LogP contribution < -0.4 is 4.90 Å². The summed E-state index contributed by atoms with van der Waals surface area (Å²) in [4.78, 5) is 1.91. The Morgan fingerprint density at radius 3 is 2.56 bits per heavy atom. The smallest absolute Gasteiger partial charge is 0.146 e. The van der Waals surface area contributed by atoms with Crippen LogP contribution in [0.25, 0.3) is 0 Å². The van der Waals surface area contributed by atoms with E-state index in [0.29, 0.717) is 5.69 Å². The second kappa shape index (κ2) is 4.42. The zero-order valence-corrected chi connectivity index (χ0v) is 9.62. The molecule has 1 N–H and O–H groups in total. The summed E-state index contributed by atoms with van der Waals surface area (Å²) < 4.78 is 13.5. The van der Waals surface area contributed by atoms with Crippen LogP contribution in [-0.4, -0.2) is 25.3 Å². The number of benzene rings is 1. The lowest BCUT2D eigenvalue weighted by atomic mass is 9.69. The molecule has 2 rings (SSSR count). The first kappa shape index (κ1) is 11.4.